The summed E-state index contributed by atoms with van der Waals surface area (Å²) in [6, 6.07) is 7.66. The fourth-order valence-corrected chi connectivity index (χ4v) is 4.62. The van der Waals surface area contributed by atoms with Crippen LogP contribution < -0.4 is 10.6 Å². The molecule has 148 valence electrons. The Morgan fingerprint density at radius 2 is 2.15 bits per heavy atom. The number of aliphatic imine (C=N–C) groups is 1. The largest absolute Gasteiger partial charge is 0.508 e. The van der Waals surface area contributed by atoms with Crippen molar-refractivity contribution >= 4 is 40.7 Å². The van der Waals surface area contributed by atoms with E-state index in [1.165, 1.54) is 0 Å². The Hall–Kier alpha value is -0.830. The van der Waals surface area contributed by atoms with E-state index in [0.29, 0.717) is 23.6 Å². The maximum Gasteiger partial charge on any atom is 0.191 e. The third-order valence-electron chi connectivity index (χ3n) is 4.55. The van der Waals surface area contributed by atoms with Gasteiger partial charge in [-0.05, 0) is 50.3 Å². The summed E-state index contributed by atoms with van der Waals surface area (Å²) < 4.78 is 12.1. The van der Waals surface area contributed by atoms with Crippen LogP contribution in [0.1, 0.15) is 45.1 Å². The van der Waals surface area contributed by atoms with E-state index < -0.39 is 10.8 Å². The van der Waals surface area contributed by atoms with E-state index in [2.05, 4.69) is 22.5 Å². The minimum atomic E-state index is -0.709. The van der Waals surface area contributed by atoms with Gasteiger partial charge in [0.25, 0.3) is 0 Å². The van der Waals surface area contributed by atoms with Gasteiger partial charge in [-0.3, -0.25) is 9.20 Å². The molecule has 3 unspecified atom stereocenters. The van der Waals surface area contributed by atoms with Crippen molar-refractivity contribution in [1.29, 1.82) is 0 Å². The molecule has 1 aliphatic carbocycles. The Bertz CT molecular complexity index is 598. The molecule has 0 amide bonds. The van der Waals surface area contributed by atoms with E-state index >= 15 is 0 Å². The average Bonchev–Trinajstić information content (AvgIpc) is 2.61. The normalized spacial score (nSPS) is 21.5. The van der Waals surface area contributed by atoms with Crippen LogP contribution in [0.5, 0.6) is 5.75 Å². The Labute approximate surface area is 176 Å². The number of hydrogen-bond donors (Lipinski definition) is 3. The average molecular weight is 493 g/mol. The molecule has 2 rings (SSSR count). The molecule has 3 N–H and O–H groups in total. The molecule has 3 atom stereocenters. The maximum absolute atomic E-state index is 12.1. The summed E-state index contributed by atoms with van der Waals surface area (Å²) in [5, 5.41) is 16.7. The molecule has 26 heavy (non-hydrogen) atoms. The fraction of sp³-hybridized carbons (Fsp3) is 0.632. The van der Waals surface area contributed by atoms with Crippen LogP contribution in [0.15, 0.2) is 29.3 Å². The SMILES string of the molecule is CCNC(=NCCc1cccc(O)c1)NC1CCCC(S(=O)CC)C1.I. The quantitative estimate of drug-likeness (QED) is 0.310. The topological polar surface area (TPSA) is 73.7 Å². The predicted octanol–water partition coefficient (Wildman–Crippen LogP) is 3.19. The molecule has 1 saturated carbocycles. The van der Waals surface area contributed by atoms with Gasteiger partial charge in [0.1, 0.15) is 5.75 Å². The van der Waals surface area contributed by atoms with Crippen molar-refractivity contribution in [3.8, 4) is 5.75 Å². The van der Waals surface area contributed by atoms with Gasteiger partial charge in [-0.25, -0.2) is 0 Å². The van der Waals surface area contributed by atoms with Gasteiger partial charge in [0, 0.05) is 40.9 Å². The van der Waals surface area contributed by atoms with Crippen LogP contribution in [0.4, 0.5) is 0 Å². The van der Waals surface area contributed by atoms with E-state index in [-0.39, 0.29) is 24.0 Å². The molecule has 0 saturated heterocycles. The highest BCUT2D eigenvalue weighted by Crippen LogP contribution is 2.23. The van der Waals surface area contributed by atoms with Crippen LogP contribution >= 0.6 is 24.0 Å². The molecule has 0 spiro atoms. The monoisotopic (exact) mass is 493 g/mol. The molecule has 0 heterocycles. The Morgan fingerprint density at radius 3 is 2.85 bits per heavy atom. The van der Waals surface area contributed by atoms with Crippen molar-refractivity contribution in [3.63, 3.8) is 0 Å². The fourth-order valence-electron chi connectivity index (χ4n) is 3.27. The van der Waals surface area contributed by atoms with Crippen molar-refractivity contribution in [1.82, 2.24) is 10.6 Å². The molecule has 1 aliphatic rings. The zero-order valence-electron chi connectivity index (χ0n) is 15.7. The Balaban J connectivity index is 0.00000338. The minimum Gasteiger partial charge on any atom is -0.508 e. The summed E-state index contributed by atoms with van der Waals surface area (Å²) >= 11 is 0. The van der Waals surface area contributed by atoms with Crippen LogP contribution in [0.2, 0.25) is 0 Å². The highest BCUT2D eigenvalue weighted by Gasteiger charge is 2.25. The van der Waals surface area contributed by atoms with E-state index in [9.17, 15) is 9.32 Å². The second kappa shape index (κ2) is 12.5. The van der Waals surface area contributed by atoms with Crippen molar-refractivity contribution in [2.45, 2.75) is 57.2 Å². The molecule has 1 aromatic rings. The number of guanidine groups is 1. The maximum atomic E-state index is 12.1. The van der Waals surface area contributed by atoms with Crippen molar-refractivity contribution in [2.24, 2.45) is 4.99 Å². The number of phenolic OH excluding ortho intramolecular Hbond substituents is 1. The van der Waals surface area contributed by atoms with Gasteiger partial charge in [-0.1, -0.05) is 25.5 Å². The highest BCUT2D eigenvalue weighted by molar-refractivity contribution is 14.0. The molecule has 0 radical (unpaired) electrons. The van der Waals surface area contributed by atoms with E-state index in [4.69, 9.17) is 0 Å². The first-order chi connectivity index (χ1) is 12.1. The highest BCUT2D eigenvalue weighted by atomic mass is 127. The molecular weight excluding hydrogens is 461 g/mol. The standard InChI is InChI=1S/C19H31N3O2S.HI/c1-3-20-19(21-12-11-15-7-5-9-17(23)13-15)22-16-8-6-10-18(14-16)25(24)4-2;/h5,7,9,13,16,18,23H,3-4,6,8,10-12,14H2,1-2H3,(H2,20,21,22);1H. The van der Waals surface area contributed by atoms with Crippen LogP contribution in [-0.4, -0.2) is 45.4 Å². The number of phenols is 1. The number of rotatable bonds is 7. The van der Waals surface area contributed by atoms with Gasteiger partial charge in [-0.15, -0.1) is 24.0 Å². The van der Waals surface area contributed by atoms with Gasteiger partial charge < -0.3 is 15.7 Å². The summed E-state index contributed by atoms with van der Waals surface area (Å²) in [7, 11) is -0.709. The van der Waals surface area contributed by atoms with Gasteiger partial charge in [0.15, 0.2) is 5.96 Å². The first-order valence-corrected chi connectivity index (χ1v) is 10.7. The number of nitrogens with zero attached hydrogens (tertiary/aromatic N) is 1. The van der Waals surface area contributed by atoms with Crippen molar-refractivity contribution < 1.29 is 9.32 Å². The van der Waals surface area contributed by atoms with Crippen LogP contribution in [-0.2, 0) is 17.2 Å². The molecular formula is C19H32IN3O2S. The zero-order chi connectivity index (χ0) is 18.1. The zero-order valence-corrected chi connectivity index (χ0v) is 18.9. The molecule has 0 aliphatic heterocycles. The van der Waals surface area contributed by atoms with E-state index in [1.54, 1.807) is 12.1 Å². The summed E-state index contributed by atoms with van der Waals surface area (Å²) in [5.74, 6) is 1.87. The molecule has 5 nitrogen and oxygen atoms in total. The second-order valence-electron chi connectivity index (χ2n) is 6.48. The lowest BCUT2D eigenvalue weighted by Gasteiger charge is -2.30. The molecule has 7 heteroatoms. The summed E-state index contributed by atoms with van der Waals surface area (Å²) in [5.41, 5.74) is 1.08. The molecule has 1 fully saturated rings. The molecule has 1 aromatic carbocycles. The summed E-state index contributed by atoms with van der Waals surface area (Å²) in [4.78, 5) is 4.66. The minimum absolute atomic E-state index is 0. The number of hydrogen-bond acceptors (Lipinski definition) is 3. The lowest BCUT2D eigenvalue weighted by Crippen LogP contribution is -2.46. The molecule has 0 aromatic heterocycles. The number of halogens is 1. The smallest absolute Gasteiger partial charge is 0.191 e. The Morgan fingerprint density at radius 1 is 1.35 bits per heavy atom. The van der Waals surface area contributed by atoms with Gasteiger partial charge in [-0.2, -0.15) is 0 Å². The lowest BCUT2D eigenvalue weighted by molar-refractivity contribution is 0.413. The van der Waals surface area contributed by atoms with Gasteiger partial charge in [0.2, 0.25) is 0 Å². The van der Waals surface area contributed by atoms with Crippen LogP contribution in [0, 0.1) is 0 Å². The number of nitrogens with one attached hydrogen (secondary N) is 2. The summed E-state index contributed by atoms with van der Waals surface area (Å²) in [6.45, 7) is 5.53. The summed E-state index contributed by atoms with van der Waals surface area (Å²) in [6.07, 6.45) is 5.05. The van der Waals surface area contributed by atoms with E-state index in [0.717, 1.165) is 55.9 Å². The third-order valence-corrected chi connectivity index (χ3v) is 6.29. The third kappa shape index (κ3) is 7.82. The van der Waals surface area contributed by atoms with Crippen LogP contribution in [0.25, 0.3) is 0 Å². The first kappa shape index (κ1) is 23.2. The van der Waals surface area contributed by atoms with E-state index in [1.807, 2.05) is 19.1 Å². The van der Waals surface area contributed by atoms with Crippen molar-refractivity contribution in [2.75, 3.05) is 18.8 Å². The van der Waals surface area contributed by atoms with Gasteiger partial charge >= 0.3 is 0 Å². The number of aromatic hydroxyl groups is 1. The molecule has 0 bridgehead atoms. The lowest BCUT2D eigenvalue weighted by atomic mass is 9.95. The van der Waals surface area contributed by atoms with Gasteiger partial charge in [0.05, 0.1) is 0 Å². The predicted molar refractivity (Wildman–Crippen MR) is 121 cm³/mol. The first-order valence-electron chi connectivity index (χ1n) is 9.32. The number of benzene rings is 1. The van der Waals surface area contributed by atoms with Crippen LogP contribution in [0.3, 0.4) is 0 Å². The Kier molecular flexibility index (Phi) is 11.2. The second-order valence-corrected chi connectivity index (χ2v) is 8.49. The van der Waals surface area contributed by atoms with Crippen molar-refractivity contribution in [3.05, 3.63) is 29.8 Å².